The zero-order chi connectivity index (χ0) is 13.9. The Hall–Kier alpha value is -1.10. The summed E-state index contributed by atoms with van der Waals surface area (Å²) in [6, 6.07) is 3.28. The van der Waals surface area contributed by atoms with Gasteiger partial charge in [-0.1, -0.05) is 39.0 Å². The lowest BCUT2D eigenvalue weighted by Gasteiger charge is -1.98. The lowest BCUT2D eigenvalue weighted by molar-refractivity contribution is 0.0926. The second-order valence-electron chi connectivity index (χ2n) is 4.41. The van der Waals surface area contributed by atoms with Gasteiger partial charge in [0.25, 0.3) is 0 Å². The van der Waals surface area contributed by atoms with Crippen LogP contribution in [0.5, 0.6) is 0 Å². The lowest BCUT2D eigenvalue weighted by Crippen LogP contribution is -2.16. The Kier molecular flexibility index (Phi) is 8.21. The second-order valence-corrected chi connectivity index (χ2v) is 5.19. The molecule has 0 aliphatic heterocycles. The number of nitrogens with zero attached hydrogens (tertiary/aromatic N) is 1. The summed E-state index contributed by atoms with van der Waals surface area (Å²) < 4.78 is 5.64. The maximum atomic E-state index is 11.5. The molecule has 1 aromatic heterocycles. The number of halogens is 1. The van der Waals surface area contributed by atoms with Gasteiger partial charge in [-0.05, 0) is 40.9 Å². The Bertz CT molecular complexity index is 402. The summed E-state index contributed by atoms with van der Waals surface area (Å²) in [4.78, 5) is 11.5. The summed E-state index contributed by atoms with van der Waals surface area (Å²) in [5.41, 5.74) is 2.44. The Morgan fingerprint density at radius 2 is 2.05 bits per heavy atom. The van der Waals surface area contributed by atoms with Crippen LogP contribution in [0.15, 0.2) is 26.3 Å². The highest BCUT2D eigenvalue weighted by Gasteiger charge is 2.08. The van der Waals surface area contributed by atoms with Crippen LogP contribution in [0.2, 0.25) is 0 Å². The minimum atomic E-state index is -0.329. The van der Waals surface area contributed by atoms with Crippen molar-refractivity contribution in [3.05, 3.63) is 22.6 Å². The van der Waals surface area contributed by atoms with Crippen molar-refractivity contribution < 1.29 is 9.21 Å². The predicted octanol–water partition coefficient (Wildman–Crippen LogP) is 4.51. The largest absolute Gasteiger partial charge is 0.444 e. The molecular formula is C14H21BrN2O2. The molecule has 0 aromatic carbocycles. The molecular weight excluding hydrogens is 308 g/mol. The lowest BCUT2D eigenvalue weighted by atomic mass is 10.1. The Morgan fingerprint density at radius 1 is 1.32 bits per heavy atom. The number of nitrogens with one attached hydrogen (secondary N) is 1. The molecule has 0 radical (unpaired) electrons. The molecule has 4 nitrogen and oxygen atoms in total. The summed E-state index contributed by atoms with van der Waals surface area (Å²) in [7, 11) is 0. The van der Waals surface area contributed by atoms with E-state index < -0.39 is 0 Å². The van der Waals surface area contributed by atoms with Crippen LogP contribution >= 0.6 is 15.9 Å². The van der Waals surface area contributed by atoms with Crippen LogP contribution in [0, 0.1) is 0 Å². The molecule has 1 rings (SSSR count). The molecule has 0 aliphatic rings. The van der Waals surface area contributed by atoms with Crippen molar-refractivity contribution in [1.29, 1.82) is 0 Å². The van der Waals surface area contributed by atoms with E-state index in [0.29, 0.717) is 4.67 Å². The van der Waals surface area contributed by atoms with Crippen molar-refractivity contribution in [2.24, 2.45) is 5.10 Å². The Balaban J connectivity index is 2.05. The standard InChI is InChI=1S/C14H21BrN2O2/c1-2-3-4-5-6-7-8-11-16-17-14(18)12-9-10-13(15)19-12/h9-11H,2-8H2,1H3,(H,17,18). The topological polar surface area (TPSA) is 54.6 Å². The number of unbranched alkanes of at least 4 members (excludes halogenated alkanes) is 6. The van der Waals surface area contributed by atoms with Gasteiger partial charge in [0.15, 0.2) is 10.4 Å². The quantitative estimate of drug-likeness (QED) is 0.412. The summed E-state index contributed by atoms with van der Waals surface area (Å²) >= 11 is 3.14. The van der Waals surface area contributed by atoms with Gasteiger partial charge in [-0.2, -0.15) is 5.10 Å². The summed E-state index contributed by atoms with van der Waals surface area (Å²) in [5.74, 6) is -0.0755. The number of hydrogen-bond donors (Lipinski definition) is 1. The molecule has 106 valence electrons. The molecule has 19 heavy (non-hydrogen) atoms. The molecule has 1 N–H and O–H groups in total. The normalized spacial score (nSPS) is 11.1. The first-order chi connectivity index (χ1) is 9.24. The Morgan fingerprint density at radius 3 is 2.74 bits per heavy atom. The van der Waals surface area contributed by atoms with Gasteiger partial charge < -0.3 is 4.42 Å². The van der Waals surface area contributed by atoms with Crippen molar-refractivity contribution >= 4 is 28.1 Å². The van der Waals surface area contributed by atoms with Crippen LogP contribution in [-0.4, -0.2) is 12.1 Å². The molecule has 0 spiro atoms. The van der Waals surface area contributed by atoms with E-state index in [1.54, 1.807) is 18.3 Å². The maximum Gasteiger partial charge on any atom is 0.307 e. The average Bonchev–Trinajstić information content (AvgIpc) is 2.83. The highest BCUT2D eigenvalue weighted by Crippen LogP contribution is 2.13. The SMILES string of the molecule is CCCCCCCCC=NNC(=O)c1ccc(Br)o1. The molecule has 0 unspecified atom stereocenters. The minimum absolute atomic E-state index is 0.253. The molecule has 1 heterocycles. The van der Waals surface area contributed by atoms with Gasteiger partial charge in [-0.3, -0.25) is 4.79 Å². The van der Waals surface area contributed by atoms with E-state index >= 15 is 0 Å². The van der Waals surface area contributed by atoms with E-state index in [1.807, 2.05) is 0 Å². The molecule has 0 saturated heterocycles. The first-order valence-corrected chi connectivity index (χ1v) is 7.60. The molecule has 1 aromatic rings. The van der Waals surface area contributed by atoms with Gasteiger partial charge in [-0.25, -0.2) is 5.43 Å². The van der Waals surface area contributed by atoms with Crippen molar-refractivity contribution in [1.82, 2.24) is 5.43 Å². The van der Waals surface area contributed by atoms with Crippen LogP contribution in [-0.2, 0) is 0 Å². The number of carbonyl (C=O) groups excluding carboxylic acids is 1. The van der Waals surface area contributed by atoms with Crippen molar-refractivity contribution in [2.45, 2.75) is 51.9 Å². The molecule has 1 amide bonds. The van der Waals surface area contributed by atoms with E-state index in [2.05, 4.69) is 33.4 Å². The fourth-order valence-electron chi connectivity index (χ4n) is 1.68. The fourth-order valence-corrected chi connectivity index (χ4v) is 1.98. The number of rotatable bonds is 9. The zero-order valence-corrected chi connectivity index (χ0v) is 12.9. The predicted molar refractivity (Wildman–Crippen MR) is 80.4 cm³/mol. The van der Waals surface area contributed by atoms with Gasteiger partial charge >= 0.3 is 5.91 Å². The van der Waals surface area contributed by atoms with Crippen molar-refractivity contribution in [3.8, 4) is 0 Å². The highest BCUT2D eigenvalue weighted by atomic mass is 79.9. The van der Waals surface area contributed by atoms with Crippen LogP contribution < -0.4 is 5.43 Å². The van der Waals surface area contributed by atoms with Gasteiger partial charge in [0.05, 0.1) is 0 Å². The van der Waals surface area contributed by atoms with E-state index in [4.69, 9.17) is 4.42 Å². The number of furan rings is 1. The van der Waals surface area contributed by atoms with E-state index in [-0.39, 0.29) is 11.7 Å². The van der Waals surface area contributed by atoms with Gasteiger partial charge in [0.2, 0.25) is 0 Å². The average molecular weight is 329 g/mol. The van der Waals surface area contributed by atoms with E-state index in [1.165, 1.54) is 32.1 Å². The third-order valence-corrected chi connectivity index (χ3v) is 3.17. The monoisotopic (exact) mass is 328 g/mol. The summed E-state index contributed by atoms with van der Waals surface area (Å²) in [6.45, 7) is 2.22. The molecule has 0 fully saturated rings. The van der Waals surface area contributed by atoms with Crippen LogP contribution in [0.4, 0.5) is 0 Å². The van der Waals surface area contributed by atoms with Gasteiger partial charge in [-0.15, -0.1) is 0 Å². The number of carbonyl (C=O) groups is 1. The molecule has 0 atom stereocenters. The second kappa shape index (κ2) is 9.78. The third-order valence-electron chi connectivity index (χ3n) is 2.74. The highest BCUT2D eigenvalue weighted by molar-refractivity contribution is 9.10. The van der Waals surface area contributed by atoms with E-state index in [0.717, 1.165) is 12.8 Å². The molecule has 0 aliphatic carbocycles. The smallest absolute Gasteiger partial charge is 0.307 e. The molecule has 0 bridgehead atoms. The van der Waals surface area contributed by atoms with Crippen LogP contribution in [0.1, 0.15) is 62.4 Å². The Labute approximate surface area is 122 Å². The number of hydrogen-bond acceptors (Lipinski definition) is 3. The van der Waals surface area contributed by atoms with E-state index in [9.17, 15) is 4.79 Å². The molecule has 5 heteroatoms. The summed E-state index contributed by atoms with van der Waals surface area (Å²) in [6.07, 6.45) is 10.2. The third kappa shape index (κ3) is 7.15. The number of amides is 1. The molecule has 0 saturated carbocycles. The fraction of sp³-hybridized carbons (Fsp3) is 0.571. The minimum Gasteiger partial charge on any atom is -0.444 e. The zero-order valence-electron chi connectivity index (χ0n) is 11.3. The first-order valence-electron chi connectivity index (χ1n) is 6.81. The first kappa shape index (κ1) is 16.0. The van der Waals surface area contributed by atoms with Gasteiger partial charge in [0.1, 0.15) is 0 Å². The van der Waals surface area contributed by atoms with Gasteiger partial charge in [0, 0.05) is 6.21 Å². The van der Waals surface area contributed by atoms with Crippen molar-refractivity contribution in [2.75, 3.05) is 0 Å². The number of hydrazone groups is 1. The summed E-state index contributed by atoms with van der Waals surface area (Å²) in [5, 5.41) is 3.89. The van der Waals surface area contributed by atoms with Crippen LogP contribution in [0.3, 0.4) is 0 Å². The maximum absolute atomic E-state index is 11.5. The van der Waals surface area contributed by atoms with Crippen LogP contribution in [0.25, 0.3) is 0 Å². The van der Waals surface area contributed by atoms with Crippen molar-refractivity contribution in [3.63, 3.8) is 0 Å².